The third-order valence-corrected chi connectivity index (χ3v) is 3.92. The Labute approximate surface area is 155 Å². The molecule has 0 saturated heterocycles. The highest BCUT2D eigenvalue weighted by molar-refractivity contribution is 6.32. The number of hydrogen-bond donors (Lipinski definition) is 0. The molecule has 0 aromatic heterocycles. The van der Waals surface area contributed by atoms with E-state index in [0.29, 0.717) is 10.8 Å². The van der Waals surface area contributed by atoms with Crippen LogP contribution in [0, 0.1) is 6.92 Å². The number of ether oxygens (including phenoxy) is 2. The summed E-state index contributed by atoms with van der Waals surface area (Å²) >= 11 is 6.01. The molecule has 0 aliphatic rings. The smallest absolute Gasteiger partial charge is 0.344 e. The van der Waals surface area contributed by atoms with Crippen LogP contribution in [0.15, 0.2) is 72.8 Å². The van der Waals surface area contributed by atoms with Crippen LogP contribution in [0.2, 0.25) is 5.02 Å². The van der Waals surface area contributed by atoms with E-state index in [1.54, 1.807) is 54.6 Å². The van der Waals surface area contributed by atoms with Crippen molar-refractivity contribution in [2.24, 2.45) is 0 Å². The standard InChI is InChI=1S/C21H15ClO4/c1-14-7-6-8-15(13-14)25-20(23)16-9-2-3-10-17(16)21(24)26-19-12-5-4-11-18(19)22/h2-13H,1H3. The molecule has 4 nitrogen and oxygen atoms in total. The molecule has 0 spiro atoms. The van der Waals surface area contributed by atoms with Crippen molar-refractivity contribution in [3.8, 4) is 11.5 Å². The zero-order valence-electron chi connectivity index (χ0n) is 13.9. The lowest BCUT2D eigenvalue weighted by atomic mass is 10.1. The van der Waals surface area contributed by atoms with Crippen LogP contribution in [0.4, 0.5) is 0 Å². The van der Waals surface area contributed by atoms with Gasteiger partial charge < -0.3 is 9.47 Å². The number of rotatable bonds is 4. The van der Waals surface area contributed by atoms with Gasteiger partial charge in [-0.1, -0.05) is 48.0 Å². The summed E-state index contributed by atoms with van der Waals surface area (Å²) in [5.74, 6) is -0.692. The number of benzene rings is 3. The molecule has 0 atom stereocenters. The summed E-state index contributed by atoms with van der Waals surface area (Å²) in [6.07, 6.45) is 0. The Morgan fingerprint density at radius 1 is 0.769 bits per heavy atom. The molecule has 0 saturated carbocycles. The van der Waals surface area contributed by atoms with E-state index < -0.39 is 11.9 Å². The fraction of sp³-hybridized carbons (Fsp3) is 0.0476. The lowest BCUT2D eigenvalue weighted by molar-refractivity contribution is 0.0692. The summed E-state index contributed by atoms with van der Waals surface area (Å²) in [6, 6.07) is 20.0. The number of aryl methyl sites for hydroxylation is 1. The van der Waals surface area contributed by atoms with E-state index in [4.69, 9.17) is 21.1 Å². The average Bonchev–Trinajstić information content (AvgIpc) is 2.63. The van der Waals surface area contributed by atoms with Gasteiger partial charge in [0.1, 0.15) is 11.5 Å². The zero-order chi connectivity index (χ0) is 18.5. The molecule has 0 aliphatic heterocycles. The average molecular weight is 367 g/mol. The third-order valence-electron chi connectivity index (χ3n) is 3.61. The highest BCUT2D eigenvalue weighted by atomic mass is 35.5. The lowest BCUT2D eigenvalue weighted by Crippen LogP contribution is -2.17. The number of hydrogen-bond acceptors (Lipinski definition) is 4. The van der Waals surface area contributed by atoms with Crippen LogP contribution in [-0.2, 0) is 0 Å². The van der Waals surface area contributed by atoms with E-state index >= 15 is 0 Å². The Morgan fingerprint density at radius 2 is 1.38 bits per heavy atom. The van der Waals surface area contributed by atoms with Gasteiger partial charge in [0.15, 0.2) is 0 Å². The summed E-state index contributed by atoms with van der Waals surface area (Å²) in [5.41, 5.74) is 1.18. The van der Waals surface area contributed by atoms with Crippen molar-refractivity contribution in [3.05, 3.63) is 94.5 Å². The van der Waals surface area contributed by atoms with Crippen molar-refractivity contribution in [2.75, 3.05) is 0 Å². The molecule has 0 radical (unpaired) electrons. The van der Waals surface area contributed by atoms with Gasteiger partial charge in [0.05, 0.1) is 16.1 Å². The Morgan fingerprint density at radius 3 is 2.04 bits per heavy atom. The molecule has 3 aromatic carbocycles. The van der Waals surface area contributed by atoms with Gasteiger partial charge in [-0.05, 0) is 48.9 Å². The molecular formula is C21H15ClO4. The predicted octanol–water partition coefficient (Wildman–Crippen LogP) is 5.09. The molecule has 5 heteroatoms. The maximum atomic E-state index is 12.5. The van der Waals surface area contributed by atoms with Crippen molar-refractivity contribution < 1.29 is 19.1 Å². The van der Waals surface area contributed by atoms with Crippen LogP contribution in [0.3, 0.4) is 0 Å². The second-order valence-electron chi connectivity index (χ2n) is 5.57. The minimum absolute atomic E-state index is 0.102. The van der Waals surface area contributed by atoms with Gasteiger partial charge in [-0.3, -0.25) is 0 Å². The maximum absolute atomic E-state index is 12.5. The summed E-state index contributed by atoms with van der Waals surface area (Å²) in [6.45, 7) is 1.90. The van der Waals surface area contributed by atoms with Crippen LogP contribution in [-0.4, -0.2) is 11.9 Å². The molecular weight excluding hydrogens is 352 g/mol. The largest absolute Gasteiger partial charge is 0.423 e. The zero-order valence-corrected chi connectivity index (χ0v) is 14.7. The van der Waals surface area contributed by atoms with Gasteiger partial charge >= 0.3 is 11.9 Å². The molecule has 0 amide bonds. The van der Waals surface area contributed by atoms with Crippen LogP contribution >= 0.6 is 11.6 Å². The van der Waals surface area contributed by atoms with Crippen molar-refractivity contribution in [1.82, 2.24) is 0 Å². The SMILES string of the molecule is Cc1cccc(OC(=O)c2ccccc2C(=O)Oc2ccccc2Cl)c1. The minimum Gasteiger partial charge on any atom is -0.423 e. The first-order chi connectivity index (χ1) is 12.5. The molecule has 0 aliphatic carbocycles. The summed E-state index contributed by atoms with van der Waals surface area (Å²) in [5, 5.41) is 0.306. The normalized spacial score (nSPS) is 10.2. The summed E-state index contributed by atoms with van der Waals surface area (Å²) < 4.78 is 10.7. The highest BCUT2D eigenvalue weighted by Gasteiger charge is 2.20. The summed E-state index contributed by atoms with van der Waals surface area (Å²) in [4.78, 5) is 25.0. The highest BCUT2D eigenvalue weighted by Crippen LogP contribution is 2.25. The number of carbonyl (C=O) groups is 2. The number of halogens is 1. The number of esters is 2. The second-order valence-corrected chi connectivity index (χ2v) is 5.98. The first-order valence-corrected chi connectivity index (χ1v) is 8.27. The van der Waals surface area contributed by atoms with E-state index in [2.05, 4.69) is 0 Å². The summed E-state index contributed by atoms with van der Waals surface area (Å²) in [7, 11) is 0. The van der Waals surface area contributed by atoms with Crippen molar-refractivity contribution in [2.45, 2.75) is 6.92 Å². The first-order valence-electron chi connectivity index (χ1n) is 7.89. The van der Waals surface area contributed by atoms with Crippen LogP contribution in [0.25, 0.3) is 0 Å². The molecule has 0 N–H and O–H groups in total. The van der Waals surface area contributed by atoms with Gasteiger partial charge in [0.25, 0.3) is 0 Å². The molecule has 0 heterocycles. The molecule has 0 unspecified atom stereocenters. The number of carbonyl (C=O) groups excluding carboxylic acids is 2. The lowest BCUT2D eigenvalue weighted by Gasteiger charge is -2.10. The maximum Gasteiger partial charge on any atom is 0.344 e. The Balaban J connectivity index is 1.84. The van der Waals surface area contributed by atoms with E-state index in [1.807, 2.05) is 13.0 Å². The van der Waals surface area contributed by atoms with Gasteiger partial charge in [0, 0.05) is 0 Å². The predicted molar refractivity (Wildman–Crippen MR) is 99.0 cm³/mol. The van der Waals surface area contributed by atoms with E-state index in [0.717, 1.165) is 5.56 Å². The molecule has 3 rings (SSSR count). The van der Waals surface area contributed by atoms with Gasteiger partial charge in [0.2, 0.25) is 0 Å². The van der Waals surface area contributed by atoms with Gasteiger partial charge in [-0.15, -0.1) is 0 Å². The van der Waals surface area contributed by atoms with E-state index in [-0.39, 0.29) is 16.9 Å². The quantitative estimate of drug-likeness (QED) is 0.477. The van der Waals surface area contributed by atoms with Crippen molar-refractivity contribution in [1.29, 1.82) is 0 Å². The van der Waals surface area contributed by atoms with Crippen LogP contribution < -0.4 is 9.47 Å². The van der Waals surface area contributed by atoms with Crippen LogP contribution in [0.5, 0.6) is 11.5 Å². The Hall–Kier alpha value is -3.11. The van der Waals surface area contributed by atoms with Gasteiger partial charge in [-0.25, -0.2) is 9.59 Å². The third kappa shape index (κ3) is 4.10. The van der Waals surface area contributed by atoms with Crippen LogP contribution in [0.1, 0.15) is 26.3 Å². The fourth-order valence-electron chi connectivity index (χ4n) is 2.36. The van der Waals surface area contributed by atoms with Crippen molar-refractivity contribution in [3.63, 3.8) is 0 Å². The monoisotopic (exact) mass is 366 g/mol. The molecule has 0 bridgehead atoms. The first kappa shape index (κ1) is 17.7. The van der Waals surface area contributed by atoms with Crippen molar-refractivity contribution >= 4 is 23.5 Å². The number of para-hydroxylation sites is 1. The molecule has 130 valence electrons. The topological polar surface area (TPSA) is 52.6 Å². The van der Waals surface area contributed by atoms with E-state index in [9.17, 15) is 9.59 Å². The van der Waals surface area contributed by atoms with Gasteiger partial charge in [-0.2, -0.15) is 0 Å². The Bertz CT molecular complexity index is 965. The molecule has 0 fully saturated rings. The molecule has 26 heavy (non-hydrogen) atoms. The minimum atomic E-state index is -0.685. The molecule has 3 aromatic rings. The second kappa shape index (κ2) is 7.85. The fourth-order valence-corrected chi connectivity index (χ4v) is 2.54. The van der Waals surface area contributed by atoms with E-state index in [1.165, 1.54) is 12.1 Å². The Kier molecular flexibility index (Phi) is 5.34.